The third kappa shape index (κ3) is 4.73. The minimum absolute atomic E-state index is 0.0777. The molecule has 5 nitrogen and oxygen atoms in total. The molecule has 0 aliphatic heterocycles. The van der Waals surface area contributed by atoms with Crippen molar-refractivity contribution in [2.75, 3.05) is 18.6 Å². The van der Waals surface area contributed by atoms with Gasteiger partial charge in [-0.3, -0.25) is 9.59 Å². The van der Waals surface area contributed by atoms with E-state index in [0.29, 0.717) is 23.0 Å². The largest absolute Gasteiger partial charge is 0.496 e. The van der Waals surface area contributed by atoms with Gasteiger partial charge in [-0.15, -0.1) is 0 Å². The summed E-state index contributed by atoms with van der Waals surface area (Å²) in [5, 5.41) is 3.37. The summed E-state index contributed by atoms with van der Waals surface area (Å²) >= 11 is 6.12. The molecule has 25 heavy (non-hydrogen) atoms. The summed E-state index contributed by atoms with van der Waals surface area (Å²) in [5.74, 6) is 0.218. The number of nitrogens with zero attached hydrogens (tertiary/aromatic N) is 1. The molecular formula is C19H21ClN2O3. The van der Waals surface area contributed by atoms with Gasteiger partial charge in [0, 0.05) is 29.7 Å². The first-order valence-electron chi connectivity index (χ1n) is 7.86. The van der Waals surface area contributed by atoms with Crippen molar-refractivity contribution < 1.29 is 14.3 Å². The van der Waals surface area contributed by atoms with Gasteiger partial charge in [-0.05, 0) is 30.7 Å². The van der Waals surface area contributed by atoms with Crippen LogP contribution in [0.15, 0.2) is 42.5 Å². The number of para-hydroxylation sites is 1. The first-order chi connectivity index (χ1) is 11.9. The number of carbonyl (C=O) groups excluding carboxylic acids is 2. The Balaban J connectivity index is 2.08. The highest BCUT2D eigenvalue weighted by atomic mass is 35.5. The number of ether oxygens (including phenoxy) is 1. The molecule has 0 saturated carbocycles. The number of anilines is 1. The number of hydrogen-bond acceptors (Lipinski definition) is 3. The molecule has 1 N–H and O–H groups in total. The SMILES string of the molecule is COc1ccccc1CNC(=O)CN(C(C)=O)c1cccc(Cl)c1C. The highest BCUT2D eigenvalue weighted by molar-refractivity contribution is 6.31. The quantitative estimate of drug-likeness (QED) is 0.859. The molecule has 0 fully saturated rings. The number of halogens is 1. The molecule has 0 atom stereocenters. The van der Waals surface area contributed by atoms with Crippen molar-refractivity contribution in [3.8, 4) is 5.75 Å². The molecule has 132 valence electrons. The van der Waals surface area contributed by atoms with Crippen molar-refractivity contribution in [1.82, 2.24) is 5.32 Å². The predicted octanol–water partition coefficient (Wildman–Crippen LogP) is 3.33. The van der Waals surface area contributed by atoms with Crippen molar-refractivity contribution in [1.29, 1.82) is 0 Å². The summed E-state index contributed by atoms with van der Waals surface area (Å²) in [5.41, 5.74) is 2.26. The third-order valence-corrected chi connectivity index (χ3v) is 4.29. The van der Waals surface area contributed by atoms with Gasteiger partial charge in [-0.25, -0.2) is 0 Å². The van der Waals surface area contributed by atoms with Crippen molar-refractivity contribution in [3.63, 3.8) is 0 Å². The number of amides is 2. The smallest absolute Gasteiger partial charge is 0.240 e. The van der Waals surface area contributed by atoms with Crippen LogP contribution < -0.4 is 15.0 Å². The van der Waals surface area contributed by atoms with Gasteiger partial charge >= 0.3 is 0 Å². The van der Waals surface area contributed by atoms with Crippen LogP contribution in [-0.2, 0) is 16.1 Å². The van der Waals surface area contributed by atoms with Gasteiger partial charge in [0.25, 0.3) is 0 Å². The molecule has 0 aliphatic rings. The van der Waals surface area contributed by atoms with Crippen LogP contribution in [-0.4, -0.2) is 25.5 Å². The lowest BCUT2D eigenvalue weighted by Gasteiger charge is -2.23. The van der Waals surface area contributed by atoms with Gasteiger partial charge in [-0.2, -0.15) is 0 Å². The molecule has 2 amide bonds. The normalized spacial score (nSPS) is 10.2. The molecule has 2 aromatic rings. The Bertz CT molecular complexity index is 777. The van der Waals surface area contributed by atoms with Gasteiger partial charge in [0.05, 0.1) is 7.11 Å². The van der Waals surface area contributed by atoms with Crippen molar-refractivity contribution >= 4 is 29.1 Å². The molecule has 0 aliphatic carbocycles. The van der Waals surface area contributed by atoms with E-state index in [0.717, 1.165) is 11.1 Å². The van der Waals surface area contributed by atoms with Crippen LogP contribution in [0.1, 0.15) is 18.1 Å². The Hall–Kier alpha value is -2.53. The fourth-order valence-corrected chi connectivity index (χ4v) is 2.67. The average Bonchev–Trinajstić information content (AvgIpc) is 2.60. The Morgan fingerprint density at radius 2 is 1.88 bits per heavy atom. The molecular weight excluding hydrogens is 340 g/mol. The zero-order chi connectivity index (χ0) is 18.4. The lowest BCUT2D eigenvalue weighted by Crippen LogP contribution is -2.40. The standard InChI is InChI=1S/C19H21ClN2O3/c1-13-16(20)8-6-9-17(13)22(14(2)23)12-19(24)21-11-15-7-4-5-10-18(15)25-3/h4-10H,11-12H2,1-3H3,(H,21,24). The van der Waals surface area contributed by atoms with E-state index in [4.69, 9.17) is 16.3 Å². The number of rotatable bonds is 6. The number of nitrogens with one attached hydrogen (secondary N) is 1. The highest BCUT2D eigenvalue weighted by Gasteiger charge is 2.18. The van der Waals surface area contributed by atoms with E-state index in [1.807, 2.05) is 31.2 Å². The number of benzene rings is 2. The third-order valence-electron chi connectivity index (χ3n) is 3.88. The molecule has 0 heterocycles. The summed E-state index contributed by atoms with van der Waals surface area (Å²) in [4.78, 5) is 25.7. The van der Waals surface area contributed by atoms with Gasteiger partial charge in [0.1, 0.15) is 12.3 Å². The molecule has 0 radical (unpaired) electrons. The molecule has 0 saturated heterocycles. The maximum atomic E-state index is 12.3. The van der Waals surface area contributed by atoms with E-state index >= 15 is 0 Å². The predicted molar refractivity (Wildman–Crippen MR) is 99.1 cm³/mol. The summed E-state index contributed by atoms with van der Waals surface area (Å²) in [6, 6.07) is 12.7. The fourth-order valence-electron chi connectivity index (χ4n) is 2.50. The summed E-state index contributed by atoms with van der Waals surface area (Å²) in [6.07, 6.45) is 0. The van der Waals surface area contributed by atoms with E-state index in [1.54, 1.807) is 25.3 Å². The van der Waals surface area contributed by atoms with Gasteiger partial charge in [0.15, 0.2) is 0 Å². The second-order valence-electron chi connectivity index (χ2n) is 5.58. The summed E-state index contributed by atoms with van der Waals surface area (Å²) in [6.45, 7) is 3.49. The zero-order valence-corrected chi connectivity index (χ0v) is 15.3. The summed E-state index contributed by atoms with van der Waals surface area (Å²) < 4.78 is 5.26. The maximum Gasteiger partial charge on any atom is 0.240 e. The molecule has 0 aromatic heterocycles. The fraction of sp³-hybridized carbons (Fsp3) is 0.263. The molecule has 0 unspecified atom stereocenters. The van der Waals surface area contributed by atoms with Crippen LogP contribution in [0.2, 0.25) is 5.02 Å². The van der Waals surface area contributed by atoms with Crippen LogP contribution in [0.4, 0.5) is 5.69 Å². The summed E-state index contributed by atoms with van der Waals surface area (Å²) in [7, 11) is 1.58. The van der Waals surface area contributed by atoms with E-state index in [9.17, 15) is 9.59 Å². The second-order valence-corrected chi connectivity index (χ2v) is 5.98. The zero-order valence-electron chi connectivity index (χ0n) is 14.5. The first-order valence-corrected chi connectivity index (χ1v) is 8.23. The first kappa shape index (κ1) is 18.8. The second kappa shape index (κ2) is 8.53. The van der Waals surface area contributed by atoms with E-state index in [1.165, 1.54) is 11.8 Å². The Kier molecular flexibility index (Phi) is 6.42. The Morgan fingerprint density at radius 3 is 2.56 bits per heavy atom. The van der Waals surface area contributed by atoms with Gasteiger partial charge < -0.3 is 15.0 Å². The maximum absolute atomic E-state index is 12.3. The van der Waals surface area contributed by atoms with Gasteiger partial charge in [0.2, 0.25) is 11.8 Å². The van der Waals surface area contributed by atoms with Crippen LogP contribution in [0.5, 0.6) is 5.75 Å². The van der Waals surface area contributed by atoms with Crippen molar-refractivity contribution in [3.05, 3.63) is 58.6 Å². The molecule has 0 spiro atoms. The topological polar surface area (TPSA) is 58.6 Å². The minimum atomic E-state index is -0.263. The average molecular weight is 361 g/mol. The molecule has 2 aromatic carbocycles. The monoisotopic (exact) mass is 360 g/mol. The van der Waals surface area contributed by atoms with Crippen LogP contribution in [0.3, 0.4) is 0 Å². The Morgan fingerprint density at radius 1 is 1.16 bits per heavy atom. The highest BCUT2D eigenvalue weighted by Crippen LogP contribution is 2.26. The van der Waals surface area contributed by atoms with Crippen LogP contribution in [0, 0.1) is 6.92 Å². The van der Waals surface area contributed by atoms with Crippen molar-refractivity contribution in [2.45, 2.75) is 20.4 Å². The lowest BCUT2D eigenvalue weighted by molar-refractivity contribution is -0.123. The van der Waals surface area contributed by atoms with Gasteiger partial charge in [-0.1, -0.05) is 35.9 Å². The lowest BCUT2D eigenvalue weighted by atomic mass is 10.1. The number of carbonyl (C=O) groups is 2. The minimum Gasteiger partial charge on any atom is -0.496 e. The number of methoxy groups -OCH3 is 1. The Labute approximate surface area is 152 Å². The van der Waals surface area contributed by atoms with E-state index < -0.39 is 0 Å². The molecule has 2 rings (SSSR count). The van der Waals surface area contributed by atoms with E-state index in [-0.39, 0.29) is 18.4 Å². The van der Waals surface area contributed by atoms with Crippen LogP contribution >= 0.6 is 11.6 Å². The van der Waals surface area contributed by atoms with Crippen molar-refractivity contribution in [2.24, 2.45) is 0 Å². The van der Waals surface area contributed by atoms with Crippen LogP contribution in [0.25, 0.3) is 0 Å². The number of hydrogen-bond donors (Lipinski definition) is 1. The molecule has 6 heteroatoms. The van der Waals surface area contributed by atoms with E-state index in [2.05, 4.69) is 5.32 Å². The molecule has 0 bridgehead atoms.